The first-order chi connectivity index (χ1) is 16.0. The molecule has 174 valence electrons. The number of rotatable bonds is 7. The lowest BCUT2D eigenvalue weighted by Gasteiger charge is -2.33. The minimum atomic E-state index is -1.36. The third kappa shape index (κ3) is 4.25. The van der Waals surface area contributed by atoms with Gasteiger partial charge in [0.15, 0.2) is 5.60 Å². The van der Waals surface area contributed by atoms with Crippen molar-refractivity contribution in [2.75, 3.05) is 19.8 Å². The molecule has 0 spiro atoms. The number of imide groups is 1. The minimum absolute atomic E-state index is 0.165. The number of amides is 2. The Kier molecular flexibility index (Phi) is 6.79. The van der Waals surface area contributed by atoms with Crippen LogP contribution in [0.4, 0.5) is 4.79 Å². The van der Waals surface area contributed by atoms with E-state index in [-0.39, 0.29) is 32.1 Å². The van der Waals surface area contributed by atoms with Crippen LogP contribution in [-0.4, -0.2) is 48.2 Å². The number of carbonyl (C=O) groups is 3. The van der Waals surface area contributed by atoms with Crippen LogP contribution in [0.3, 0.4) is 0 Å². The Morgan fingerprint density at radius 1 is 1.06 bits per heavy atom. The van der Waals surface area contributed by atoms with Gasteiger partial charge in [-0.3, -0.25) is 4.79 Å². The van der Waals surface area contributed by atoms with Crippen LogP contribution in [-0.2, 0) is 30.2 Å². The molecule has 7 nitrogen and oxygen atoms in total. The van der Waals surface area contributed by atoms with Gasteiger partial charge in [-0.25, -0.2) is 14.5 Å². The summed E-state index contributed by atoms with van der Waals surface area (Å²) in [5, 5.41) is 0. The Labute approximate surface area is 193 Å². The fourth-order valence-corrected chi connectivity index (χ4v) is 5.06. The van der Waals surface area contributed by atoms with E-state index in [1.165, 1.54) is 0 Å². The molecular formula is C26H29NO6. The molecule has 0 bridgehead atoms. The van der Waals surface area contributed by atoms with Gasteiger partial charge >= 0.3 is 12.1 Å². The highest BCUT2D eigenvalue weighted by Gasteiger charge is 2.62. The lowest BCUT2D eigenvalue weighted by Crippen LogP contribution is -2.50. The Balaban J connectivity index is 1.82. The lowest BCUT2D eigenvalue weighted by molar-refractivity contribution is -0.175. The number of carbonyl (C=O) groups excluding carboxylic acids is 3. The summed E-state index contributed by atoms with van der Waals surface area (Å²) in [6.07, 6.45) is -0.597. The third-order valence-corrected chi connectivity index (χ3v) is 6.51. The first-order valence-electron chi connectivity index (χ1n) is 11.4. The summed E-state index contributed by atoms with van der Waals surface area (Å²) in [5.41, 5.74) is 0.321. The smallest absolute Gasteiger partial charge is 0.416 e. The molecule has 2 aliphatic rings. The number of ether oxygens (including phenoxy) is 3. The molecule has 2 aromatic rings. The Morgan fingerprint density at radius 3 is 2.30 bits per heavy atom. The normalized spacial score (nSPS) is 26.8. The fourth-order valence-electron chi connectivity index (χ4n) is 5.06. The topological polar surface area (TPSA) is 82.1 Å². The van der Waals surface area contributed by atoms with Gasteiger partial charge in [-0.2, -0.15) is 0 Å². The summed E-state index contributed by atoms with van der Waals surface area (Å²) < 4.78 is 17.1. The van der Waals surface area contributed by atoms with Gasteiger partial charge in [-0.05, 0) is 24.5 Å². The van der Waals surface area contributed by atoms with Gasteiger partial charge in [0.1, 0.15) is 6.61 Å². The second kappa shape index (κ2) is 9.75. The van der Waals surface area contributed by atoms with Crippen molar-refractivity contribution in [3.8, 4) is 0 Å². The van der Waals surface area contributed by atoms with Crippen LogP contribution in [0, 0.1) is 11.8 Å². The van der Waals surface area contributed by atoms with E-state index in [1.807, 2.05) is 67.6 Å². The van der Waals surface area contributed by atoms with Crippen LogP contribution in [0.15, 0.2) is 60.7 Å². The fraction of sp³-hybridized carbons (Fsp3) is 0.423. The Morgan fingerprint density at radius 2 is 1.73 bits per heavy atom. The summed E-state index contributed by atoms with van der Waals surface area (Å²) in [6.45, 7) is 4.24. The van der Waals surface area contributed by atoms with E-state index in [1.54, 1.807) is 6.92 Å². The Bertz CT molecular complexity index is 994. The summed E-state index contributed by atoms with van der Waals surface area (Å²) in [7, 11) is 0. The molecule has 0 radical (unpaired) electrons. The van der Waals surface area contributed by atoms with Gasteiger partial charge in [-0.15, -0.1) is 0 Å². The monoisotopic (exact) mass is 451 g/mol. The number of nitrogens with zero attached hydrogens (tertiary/aromatic N) is 1. The van der Waals surface area contributed by atoms with E-state index in [4.69, 9.17) is 14.2 Å². The molecule has 4 rings (SSSR count). The number of esters is 1. The van der Waals surface area contributed by atoms with E-state index in [0.717, 1.165) is 16.0 Å². The Hall–Kier alpha value is -3.19. The molecule has 0 aliphatic carbocycles. The maximum Gasteiger partial charge on any atom is 0.416 e. The van der Waals surface area contributed by atoms with Crippen LogP contribution >= 0.6 is 0 Å². The van der Waals surface area contributed by atoms with Crippen molar-refractivity contribution in [2.45, 2.75) is 38.4 Å². The van der Waals surface area contributed by atoms with Crippen molar-refractivity contribution in [1.82, 2.24) is 4.90 Å². The van der Waals surface area contributed by atoms with Crippen LogP contribution in [0.2, 0.25) is 0 Å². The SMILES string of the molecule is CCOC(=O)[C@@]1(Cc2ccccc2)O[C@@H](c2ccccc2)[C@@H](C(=O)N2CCOC2=O)[C@@H]1CC. The summed E-state index contributed by atoms with van der Waals surface area (Å²) in [6, 6.07) is 19.0. The quantitative estimate of drug-likeness (QED) is 0.594. The lowest BCUT2D eigenvalue weighted by atomic mass is 9.73. The molecule has 0 N–H and O–H groups in total. The van der Waals surface area contributed by atoms with E-state index in [9.17, 15) is 14.4 Å². The van der Waals surface area contributed by atoms with Crippen LogP contribution in [0.25, 0.3) is 0 Å². The van der Waals surface area contributed by atoms with Gasteiger partial charge in [0.05, 0.1) is 25.2 Å². The van der Waals surface area contributed by atoms with E-state index >= 15 is 0 Å². The first kappa shape index (κ1) is 23.0. The van der Waals surface area contributed by atoms with Crippen LogP contribution in [0.1, 0.15) is 37.5 Å². The number of hydrogen-bond acceptors (Lipinski definition) is 6. The van der Waals surface area contributed by atoms with E-state index < -0.39 is 35.6 Å². The zero-order chi connectivity index (χ0) is 23.4. The molecule has 2 amide bonds. The second-order valence-electron chi connectivity index (χ2n) is 8.37. The van der Waals surface area contributed by atoms with Gasteiger partial charge in [-0.1, -0.05) is 67.6 Å². The highest BCUT2D eigenvalue weighted by molar-refractivity contribution is 5.96. The molecule has 2 saturated heterocycles. The van der Waals surface area contributed by atoms with Crippen LogP contribution < -0.4 is 0 Å². The third-order valence-electron chi connectivity index (χ3n) is 6.51. The van der Waals surface area contributed by atoms with Gasteiger partial charge in [0.2, 0.25) is 5.91 Å². The maximum absolute atomic E-state index is 13.7. The summed E-state index contributed by atoms with van der Waals surface area (Å²) >= 11 is 0. The van der Waals surface area contributed by atoms with E-state index in [2.05, 4.69) is 0 Å². The molecule has 0 aromatic heterocycles. The van der Waals surface area contributed by atoms with Crippen molar-refractivity contribution < 1.29 is 28.6 Å². The second-order valence-corrected chi connectivity index (χ2v) is 8.37. The largest absolute Gasteiger partial charge is 0.464 e. The average molecular weight is 452 g/mol. The van der Waals surface area contributed by atoms with Crippen molar-refractivity contribution in [3.05, 3.63) is 71.8 Å². The zero-order valence-electron chi connectivity index (χ0n) is 18.9. The number of cyclic esters (lactones) is 1. The minimum Gasteiger partial charge on any atom is -0.464 e. The predicted molar refractivity (Wildman–Crippen MR) is 120 cm³/mol. The molecule has 2 heterocycles. The molecule has 2 aromatic carbocycles. The molecule has 2 aliphatic heterocycles. The molecular weight excluding hydrogens is 422 g/mol. The van der Waals surface area contributed by atoms with Crippen LogP contribution in [0.5, 0.6) is 0 Å². The molecule has 33 heavy (non-hydrogen) atoms. The summed E-state index contributed by atoms with van der Waals surface area (Å²) in [5.74, 6) is -2.10. The molecule has 4 atom stereocenters. The van der Waals surface area contributed by atoms with Crippen molar-refractivity contribution in [3.63, 3.8) is 0 Å². The standard InChI is InChI=1S/C26H29NO6/c1-3-20-21(23(28)27-15-16-32-25(27)30)22(19-13-9-6-10-14-19)33-26(20,24(29)31-4-2)17-18-11-7-5-8-12-18/h5-14,20-22H,3-4,15-17H2,1-2H3/t20-,21-,22-,26-/m0/s1. The first-order valence-corrected chi connectivity index (χ1v) is 11.4. The highest BCUT2D eigenvalue weighted by Crippen LogP contribution is 2.52. The predicted octanol–water partition coefficient (Wildman–Crippen LogP) is 3.92. The van der Waals surface area contributed by atoms with E-state index in [0.29, 0.717) is 6.42 Å². The van der Waals surface area contributed by atoms with Crippen molar-refractivity contribution in [2.24, 2.45) is 11.8 Å². The molecule has 2 fully saturated rings. The molecule has 0 saturated carbocycles. The molecule has 0 unspecified atom stereocenters. The zero-order valence-corrected chi connectivity index (χ0v) is 18.9. The number of benzene rings is 2. The van der Waals surface area contributed by atoms with Gasteiger partial charge in [0, 0.05) is 12.3 Å². The maximum atomic E-state index is 13.7. The van der Waals surface area contributed by atoms with Gasteiger partial charge in [0.25, 0.3) is 0 Å². The molecule has 7 heteroatoms. The highest BCUT2D eigenvalue weighted by atomic mass is 16.6. The summed E-state index contributed by atoms with van der Waals surface area (Å²) in [4.78, 5) is 40.6. The number of hydrogen-bond donors (Lipinski definition) is 0. The van der Waals surface area contributed by atoms with Gasteiger partial charge < -0.3 is 14.2 Å². The average Bonchev–Trinajstić information content (AvgIpc) is 3.41. The van der Waals surface area contributed by atoms with Crippen molar-refractivity contribution >= 4 is 18.0 Å². The van der Waals surface area contributed by atoms with Crippen molar-refractivity contribution in [1.29, 1.82) is 0 Å².